The van der Waals surface area contributed by atoms with Gasteiger partial charge in [-0.3, -0.25) is 0 Å². The number of hydrogen-bond acceptors (Lipinski definition) is 3. The zero-order valence-corrected chi connectivity index (χ0v) is 7.83. The second kappa shape index (κ2) is 4.25. The number of aliphatic hydroxyl groups excluding tert-OH is 1. The van der Waals surface area contributed by atoms with E-state index in [1.165, 1.54) is 0 Å². The van der Waals surface area contributed by atoms with E-state index in [4.69, 9.17) is 16.6 Å². The molecule has 0 bridgehead atoms. The molecule has 0 aliphatic rings. The first kappa shape index (κ1) is 10.0. The number of aliphatic hydroxyl groups is 1. The van der Waals surface area contributed by atoms with Gasteiger partial charge in [0.05, 0.1) is 0 Å². The molecule has 0 unspecified atom stereocenters. The first-order valence-corrected chi connectivity index (χ1v) is 4.37. The lowest BCUT2D eigenvalue weighted by Crippen LogP contribution is -2.13. The summed E-state index contributed by atoms with van der Waals surface area (Å²) in [5.74, 6) is 0. The molecule has 0 heterocycles. The number of nitrogen functional groups attached to an aromatic ring is 1. The monoisotopic (exact) mass is 180 g/mol. The first-order valence-electron chi connectivity index (χ1n) is 4.37. The average Bonchev–Trinajstić information content (AvgIpc) is 2.04. The van der Waals surface area contributed by atoms with Crippen molar-refractivity contribution in [3.8, 4) is 0 Å². The Kier molecular flexibility index (Phi) is 3.28. The van der Waals surface area contributed by atoms with Crippen LogP contribution in [0.25, 0.3) is 0 Å². The predicted molar refractivity (Wildman–Crippen MR) is 54.2 cm³/mol. The number of nitrogens with two attached hydrogens (primary N) is 2. The molecule has 1 rings (SSSR count). The molecule has 0 saturated heterocycles. The Hall–Kier alpha value is -1.06. The molecule has 1 atom stereocenters. The van der Waals surface area contributed by atoms with Crippen LogP contribution in [0.1, 0.15) is 23.6 Å². The molecule has 0 aliphatic heterocycles. The third-order valence-corrected chi connectivity index (χ3v) is 2.08. The maximum Gasteiger partial charge on any atom is 0.0449 e. The minimum Gasteiger partial charge on any atom is -0.398 e. The molecule has 0 spiro atoms. The highest BCUT2D eigenvalue weighted by Crippen LogP contribution is 2.21. The van der Waals surface area contributed by atoms with Gasteiger partial charge in [-0.15, -0.1) is 0 Å². The molecule has 0 saturated carbocycles. The molecule has 0 fully saturated rings. The first-order chi connectivity index (χ1) is 6.15. The van der Waals surface area contributed by atoms with Crippen molar-refractivity contribution in [3.05, 3.63) is 29.3 Å². The van der Waals surface area contributed by atoms with Crippen molar-refractivity contribution in [1.82, 2.24) is 0 Å². The van der Waals surface area contributed by atoms with Gasteiger partial charge in [0, 0.05) is 18.3 Å². The van der Waals surface area contributed by atoms with E-state index in [2.05, 4.69) is 0 Å². The third kappa shape index (κ3) is 2.44. The van der Waals surface area contributed by atoms with E-state index in [1.54, 1.807) is 0 Å². The van der Waals surface area contributed by atoms with Crippen LogP contribution in [-0.4, -0.2) is 11.7 Å². The second-order valence-corrected chi connectivity index (χ2v) is 3.25. The average molecular weight is 180 g/mol. The summed E-state index contributed by atoms with van der Waals surface area (Å²) in [5.41, 5.74) is 14.4. The minimum absolute atomic E-state index is 0.0917. The fourth-order valence-corrected chi connectivity index (χ4v) is 1.33. The van der Waals surface area contributed by atoms with Gasteiger partial charge in [-0.25, -0.2) is 0 Å². The molecule has 0 radical (unpaired) electrons. The molecule has 1 aromatic rings. The van der Waals surface area contributed by atoms with Crippen LogP contribution < -0.4 is 11.5 Å². The summed E-state index contributed by atoms with van der Waals surface area (Å²) in [6.07, 6.45) is 0.549. The maximum absolute atomic E-state index is 8.72. The van der Waals surface area contributed by atoms with Crippen LogP contribution in [0.3, 0.4) is 0 Å². The molecule has 13 heavy (non-hydrogen) atoms. The highest BCUT2D eigenvalue weighted by Gasteiger charge is 2.08. The van der Waals surface area contributed by atoms with E-state index in [1.807, 2.05) is 25.1 Å². The van der Waals surface area contributed by atoms with E-state index in [9.17, 15) is 0 Å². The second-order valence-electron chi connectivity index (χ2n) is 3.25. The lowest BCUT2D eigenvalue weighted by molar-refractivity contribution is 0.276. The molecule has 0 aromatic heterocycles. The zero-order valence-electron chi connectivity index (χ0n) is 7.83. The van der Waals surface area contributed by atoms with Gasteiger partial charge in [-0.05, 0) is 30.5 Å². The molecule has 0 aliphatic carbocycles. The Morgan fingerprint density at radius 2 is 2.15 bits per heavy atom. The third-order valence-electron chi connectivity index (χ3n) is 2.08. The fraction of sp³-hybridized carbons (Fsp3) is 0.400. The quantitative estimate of drug-likeness (QED) is 0.607. The number of hydrogen-bond donors (Lipinski definition) is 3. The van der Waals surface area contributed by atoms with Gasteiger partial charge in [0.15, 0.2) is 0 Å². The van der Waals surface area contributed by atoms with E-state index in [0.717, 1.165) is 11.1 Å². The van der Waals surface area contributed by atoms with E-state index < -0.39 is 0 Å². The lowest BCUT2D eigenvalue weighted by atomic mass is 10.0. The number of benzene rings is 1. The van der Waals surface area contributed by atoms with Gasteiger partial charge >= 0.3 is 0 Å². The Labute approximate surface area is 78.4 Å². The molecule has 5 N–H and O–H groups in total. The fourth-order valence-electron chi connectivity index (χ4n) is 1.33. The van der Waals surface area contributed by atoms with Crippen molar-refractivity contribution in [2.24, 2.45) is 5.73 Å². The summed E-state index contributed by atoms with van der Waals surface area (Å²) in [4.78, 5) is 0. The van der Waals surface area contributed by atoms with Crippen LogP contribution in [0.5, 0.6) is 0 Å². The van der Waals surface area contributed by atoms with Crippen LogP contribution >= 0.6 is 0 Å². The highest BCUT2D eigenvalue weighted by molar-refractivity contribution is 5.50. The van der Waals surface area contributed by atoms with Crippen LogP contribution in [0, 0.1) is 6.92 Å². The van der Waals surface area contributed by atoms with Gasteiger partial charge in [0.1, 0.15) is 0 Å². The van der Waals surface area contributed by atoms with Crippen molar-refractivity contribution in [3.63, 3.8) is 0 Å². The standard InChI is InChI=1S/C10H16N2O/c1-7-2-3-8(10(12)6-7)9(11)4-5-13/h2-3,6,9,13H,4-5,11-12H2,1H3/t9-/m0/s1. The summed E-state index contributed by atoms with van der Waals surface area (Å²) in [6.45, 7) is 2.08. The summed E-state index contributed by atoms with van der Waals surface area (Å²) in [6, 6.07) is 5.63. The molecule has 0 amide bonds. The van der Waals surface area contributed by atoms with Gasteiger partial charge in [0.2, 0.25) is 0 Å². The van der Waals surface area contributed by atoms with Crippen LogP contribution in [-0.2, 0) is 0 Å². The normalized spacial score (nSPS) is 12.8. The van der Waals surface area contributed by atoms with Gasteiger partial charge in [-0.1, -0.05) is 12.1 Å². The van der Waals surface area contributed by atoms with Crippen LogP contribution in [0.2, 0.25) is 0 Å². The topological polar surface area (TPSA) is 72.3 Å². The van der Waals surface area contributed by atoms with Gasteiger partial charge in [-0.2, -0.15) is 0 Å². The summed E-state index contributed by atoms with van der Waals surface area (Å²) in [7, 11) is 0. The van der Waals surface area contributed by atoms with Gasteiger partial charge < -0.3 is 16.6 Å². The summed E-state index contributed by atoms with van der Waals surface area (Å²) >= 11 is 0. The molecule has 3 nitrogen and oxygen atoms in total. The van der Waals surface area contributed by atoms with Gasteiger partial charge in [0.25, 0.3) is 0 Å². The van der Waals surface area contributed by atoms with Crippen molar-refractivity contribution in [2.45, 2.75) is 19.4 Å². The SMILES string of the molecule is Cc1ccc([C@@H](N)CCO)c(N)c1. The number of rotatable bonds is 3. The molecule has 1 aromatic carbocycles. The Balaban J connectivity index is 2.88. The van der Waals surface area contributed by atoms with E-state index in [-0.39, 0.29) is 12.6 Å². The zero-order chi connectivity index (χ0) is 9.84. The smallest absolute Gasteiger partial charge is 0.0449 e. The molecular formula is C10H16N2O. The van der Waals surface area contributed by atoms with E-state index >= 15 is 0 Å². The Bertz CT molecular complexity index is 286. The van der Waals surface area contributed by atoms with Crippen molar-refractivity contribution >= 4 is 5.69 Å². The van der Waals surface area contributed by atoms with Crippen LogP contribution in [0.15, 0.2) is 18.2 Å². The molecule has 3 heteroatoms. The van der Waals surface area contributed by atoms with Crippen molar-refractivity contribution < 1.29 is 5.11 Å². The summed E-state index contributed by atoms with van der Waals surface area (Å²) < 4.78 is 0. The van der Waals surface area contributed by atoms with E-state index in [0.29, 0.717) is 12.1 Å². The number of anilines is 1. The minimum atomic E-state index is -0.161. The Morgan fingerprint density at radius 3 is 2.69 bits per heavy atom. The number of aryl methyl sites for hydroxylation is 1. The van der Waals surface area contributed by atoms with Crippen molar-refractivity contribution in [1.29, 1.82) is 0 Å². The van der Waals surface area contributed by atoms with Crippen LogP contribution in [0.4, 0.5) is 5.69 Å². The summed E-state index contributed by atoms with van der Waals surface area (Å²) in [5, 5.41) is 8.72. The molecule has 72 valence electrons. The predicted octanol–water partition coefficient (Wildman–Crippen LogP) is 0.959. The van der Waals surface area contributed by atoms with Crippen molar-refractivity contribution in [2.75, 3.05) is 12.3 Å². The molecular weight excluding hydrogens is 164 g/mol. The maximum atomic E-state index is 8.72. The highest BCUT2D eigenvalue weighted by atomic mass is 16.3. The largest absolute Gasteiger partial charge is 0.398 e. The Morgan fingerprint density at radius 1 is 1.46 bits per heavy atom. The lowest BCUT2D eigenvalue weighted by Gasteiger charge is -2.13.